The van der Waals surface area contributed by atoms with Crippen LogP contribution in [0.4, 0.5) is 10.6 Å². The molecule has 1 N–H and O–H groups in total. The highest BCUT2D eigenvalue weighted by molar-refractivity contribution is 7.18. The third-order valence-corrected chi connectivity index (χ3v) is 4.69. The van der Waals surface area contributed by atoms with Gasteiger partial charge in [-0.2, -0.15) is 4.68 Å². The van der Waals surface area contributed by atoms with Gasteiger partial charge in [0.25, 0.3) is 5.91 Å². The number of furan rings is 1. The third kappa shape index (κ3) is 4.02. The van der Waals surface area contributed by atoms with Gasteiger partial charge < -0.3 is 19.2 Å². The number of thiophene rings is 1. The third-order valence-electron chi connectivity index (χ3n) is 3.46. The van der Waals surface area contributed by atoms with Gasteiger partial charge in [-0.15, -0.1) is 16.4 Å². The van der Waals surface area contributed by atoms with E-state index >= 15 is 0 Å². The lowest BCUT2D eigenvalue weighted by atomic mass is 10.4. The molecule has 0 saturated carbocycles. The number of aromatic nitrogens is 2. The van der Waals surface area contributed by atoms with Crippen molar-refractivity contribution in [3.8, 4) is 0 Å². The first kappa shape index (κ1) is 19.9. The molecule has 11 heteroatoms. The first-order valence-electron chi connectivity index (χ1n) is 8.38. The summed E-state index contributed by atoms with van der Waals surface area (Å²) >= 11 is 6.93. The Balaban J connectivity index is 1.98. The van der Waals surface area contributed by atoms with Crippen LogP contribution < -0.4 is 5.32 Å². The second kappa shape index (κ2) is 8.44. The maximum atomic E-state index is 12.4. The summed E-state index contributed by atoms with van der Waals surface area (Å²) in [5, 5.41) is 6.59. The zero-order valence-electron chi connectivity index (χ0n) is 15.0. The quantitative estimate of drug-likeness (QED) is 0.589. The Hall–Kier alpha value is -2.85. The molecule has 0 unspecified atom stereocenters. The molecule has 0 aromatic carbocycles. The summed E-state index contributed by atoms with van der Waals surface area (Å²) in [5.41, 5.74) is 0.217. The standard InChI is InChI=1S/C17H16ClN3O6S/c1-3-7-26-16(23)10-8-9-13(27-10)14(20-21(9)17(24)25-4-2)19-15(22)11-5-6-12(18)28-11/h5-6,8H,3-4,7H2,1-2H3,(H,19,20,22). The van der Waals surface area contributed by atoms with Gasteiger partial charge >= 0.3 is 12.1 Å². The van der Waals surface area contributed by atoms with Crippen LogP contribution in [-0.4, -0.2) is 41.0 Å². The summed E-state index contributed by atoms with van der Waals surface area (Å²) in [6, 6.07) is 4.45. The van der Waals surface area contributed by atoms with Gasteiger partial charge in [0.15, 0.2) is 11.4 Å². The number of nitrogens with one attached hydrogen (secondary N) is 1. The van der Waals surface area contributed by atoms with E-state index in [1.807, 2.05) is 6.92 Å². The Bertz CT molecular complexity index is 1040. The van der Waals surface area contributed by atoms with Gasteiger partial charge in [-0.05, 0) is 25.5 Å². The van der Waals surface area contributed by atoms with Gasteiger partial charge in [0.1, 0.15) is 5.52 Å². The lowest BCUT2D eigenvalue weighted by Gasteiger charge is -2.02. The van der Waals surface area contributed by atoms with E-state index in [4.69, 9.17) is 25.5 Å². The van der Waals surface area contributed by atoms with Crippen molar-refractivity contribution in [1.29, 1.82) is 0 Å². The number of anilines is 1. The zero-order chi connectivity index (χ0) is 20.3. The number of carbonyl (C=O) groups is 3. The highest BCUT2D eigenvalue weighted by Crippen LogP contribution is 2.29. The summed E-state index contributed by atoms with van der Waals surface area (Å²) in [6.07, 6.45) is -0.130. The summed E-state index contributed by atoms with van der Waals surface area (Å²) in [7, 11) is 0. The molecule has 0 radical (unpaired) electrons. The number of halogens is 1. The minimum Gasteiger partial charge on any atom is -0.460 e. The molecule has 0 aliphatic rings. The molecule has 28 heavy (non-hydrogen) atoms. The van der Waals surface area contributed by atoms with Crippen LogP contribution in [-0.2, 0) is 9.47 Å². The van der Waals surface area contributed by atoms with Gasteiger partial charge in [0, 0.05) is 6.07 Å². The second-order valence-electron chi connectivity index (χ2n) is 5.48. The molecule has 0 saturated heterocycles. The summed E-state index contributed by atoms with van der Waals surface area (Å²) < 4.78 is 16.9. The number of fused-ring (bicyclic) bond motifs is 1. The molecule has 0 aliphatic carbocycles. The smallest absolute Gasteiger partial charge is 0.435 e. The molecule has 1 amide bonds. The van der Waals surface area contributed by atoms with E-state index in [2.05, 4.69) is 10.4 Å². The molecule has 3 rings (SSSR count). The van der Waals surface area contributed by atoms with Crippen molar-refractivity contribution in [2.24, 2.45) is 0 Å². The maximum Gasteiger partial charge on any atom is 0.435 e. The Labute approximate surface area is 168 Å². The van der Waals surface area contributed by atoms with E-state index in [1.165, 1.54) is 6.07 Å². The fourth-order valence-electron chi connectivity index (χ4n) is 2.29. The fraction of sp³-hybridized carbons (Fsp3) is 0.294. The normalized spacial score (nSPS) is 10.8. The van der Waals surface area contributed by atoms with Crippen LogP contribution in [0.2, 0.25) is 4.34 Å². The minimum atomic E-state index is -0.776. The first-order chi connectivity index (χ1) is 13.4. The van der Waals surface area contributed by atoms with Crippen molar-refractivity contribution in [3.05, 3.63) is 33.2 Å². The topological polar surface area (TPSA) is 113 Å². The molecule has 9 nitrogen and oxygen atoms in total. The molecular formula is C17H16ClN3O6S. The number of carbonyl (C=O) groups excluding carboxylic acids is 3. The molecule has 148 valence electrons. The highest BCUT2D eigenvalue weighted by atomic mass is 35.5. The van der Waals surface area contributed by atoms with Gasteiger partial charge in [-0.1, -0.05) is 18.5 Å². The van der Waals surface area contributed by atoms with E-state index in [1.54, 1.807) is 19.1 Å². The largest absolute Gasteiger partial charge is 0.460 e. The SMILES string of the molecule is CCCOC(=O)c1cc2c(o1)c(NC(=O)c1ccc(Cl)s1)nn2C(=O)OCC. The molecule has 0 aliphatic heterocycles. The number of hydrogen-bond donors (Lipinski definition) is 1. The van der Waals surface area contributed by atoms with Crippen LogP contribution in [0, 0.1) is 0 Å². The predicted molar refractivity (Wildman–Crippen MR) is 102 cm³/mol. The van der Waals surface area contributed by atoms with E-state index in [9.17, 15) is 14.4 Å². The van der Waals surface area contributed by atoms with Gasteiger partial charge in [0.05, 0.1) is 22.4 Å². The van der Waals surface area contributed by atoms with Crippen molar-refractivity contribution < 1.29 is 28.3 Å². The lowest BCUT2D eigenvalue weighted by molar-refractivity contribution is 0.0471. The lowest BCUT2D eigenvalue weighted by Crippen LogP contribution is -2.16. The molecule has 0 spiro atoms. The van der Waals surface area contributed by atoms with Crippen LogP contribution >= 0.6 is 22.9 Å². The second-order valence-corrected chi connectivity index (χ2v) is 7.19. The molecule has 3 heterocycles. The first-order valence-corrected chi connectivity index (χ1v) is 9.57. The molecule has 3 aromatic rings. The van der Waals surface area contributed by atoms with Crippen molar-refractivity contribution in [2.45, 2.75) is 20.3 Å². The summed E-state index contributed by atoms with van der Waals surface area (Å²) in [6.45, 7) is 3.85. The van der Waals surface area contributed by atoms with E-state index in [0.29, 0.717) is 15.6 Å². The van der Waals surface area contributed by atoms with Gasteiger partial charge in [-0.25, -0.2) is 9.59 Å². The molecule has 0 atom stereocenters. The van der Waals surface area contributed by atoms with E-state index in [0.717, 1.165) is 16.0 Å². The number of nitrogens with zero attached hydrogens (tertiary/aromatic N) is 2. The molecular weight excluding hydrogens is 410 g/mol. The van der Waals surface area contributed by atoms with Gasteiger partial charge in [-0.3, -0.25) is 4.79 Å². The molecule has 0 fully saturated rings. The number of amides is 1. The Morgan fingerprint density at radius 1 is 1.29 bits per heavy atom. The van der Waals surface area contributed by atoms with Crippen LogP contribution in [0.1, 0.15) is 40.5 Å². The Morgan fingerprint density at radius 3 is 2.71 bits per heavy atom. The van der Waals surface area contributed by atoms with E-state index < -0.39 is 18.0 Å². The predicted octanol–water partition coefficient (Wildman–Crippen LogP) is 4.17. The Morgan fingerprint density at radius 2 is 2.07 bits per heavy atom. The molecule has 3 aromatic heterocycles. The van der Waals surface area contributed by atoms with Gasteiger partial charge in [0.2, 0.25) is 5.76 Å². The molecule has 0 bridgehead atoms. The number of esters is 1. The average molecular weight is 426 g/mol. The minimum absolute atomic E-state index is 0.0351. The fourth-order valence-corrected chi connectivity index (χ4v) is 3.22. The number of hydrogen-bond acceptors (Lipinski definition) is 8. The number of rotatable bonds is 6. The van der Waals surface area contributed by atoms with Crippen molar-refractivity contribution in [1.82, 2.24) is 9.78 Å². The Kier molecular flexibility index (Phi) is 6.00. The van der Waals surface area contributed by atoms with Crippen LogP contribution in [0.25, 0.3) is 11.1 Å². The van der Waals surface area contributed by atoms with Crippen LogP contribution in [0.15, 0.2) is 22.6 Å². The van der Waals surface area contributed by atoms with Crippen molar-refractivity contribution in [3.63, 3.8) is 0 Å². The monoisotopic (exact) mass is 425 g/mol. The summed E-state index contributed by atoms with van der Waals surface area (Å²) in [5.74, 6) is -1.32. The highest BCUT2D eigenvalue weighted by Gasteiger charge is 2.25. The van der Waals surface area contributed by atoms with E-state index in [-0.39, 0.29) is 35.9 Å². The van der Waals surface area contributed by atoms with Crippen molar-refractivity contribution >= 4 is 57.8 Å². The van der Waals surface area contributed by atoms with Crippen LogP contribution in [0.3, 0.4) is 0 Å². The maximum absolute atomic E-state index is 12.4. The average Bonchev–Trinajstić information content (AvgIpc) is 3.36. The van der Waals surface area contributed by atoms with Crippen LogP contribution in [0.5, 0.6) is 0 Å². The summed E-state index contributed by atoms with van der Waals surface area (Å²) in [4.78, 5) is 37.0. The number of ether oxygens (including phenoxy) is 2. The zero-order valence-corrected chi connectivity index (χ0v) is 16.6. The van der Waals surface area contributed by atoms with Crippen molar-refractivity contribution in [2.75, 3.05) is 18.5 Å².